The Morgan fingerprint density at radius 3 is 2.18 bits per heavy atom. The highest BCUT2D eigenvalue weighted by atomic mass is 35.5. The monoisotopic (exact) mass is 318 g/mol. The Balaban J connectivity index is 1.83. The smallest absolute Gasteiger partial charge is 0.221 e. The molecule has 116 valence electrons. The maximum absolute atomic E-state index is 10.7. The predicted octanol–water partition coefficient (Wildman–Crippen LogP) is 4.58. The first-order valence-electron chi connectivity index (χ1n) is 7.32. The van der Waals surface area contributed by atoms with Crippen molar-refractivity contribution in [3.63, 3.8) is 0 Å². The Hall–Kier alpha value is -2.00. The molecule has 0 N–H and O–H groups in total. The Bertz CT molecular complexity index is 584. The molecule has 4 heteroatoms. The van der Waals surface area contributed by atoms with Crippen LogP contribution in [0.1, 0.15) is 24.8 Å². The van der Waals surface area contributed by atoms with Gasteiger partial charge in [-0.15, -0.1) is 0 Å². The summed E-state index contributed by atoms with van der Waals surface area (Å²) in [6, 6.07) is 17.6. The number of unbranched alkanes of at least 4 members (excludes halogenated alkanes) is 1. The molecule has 0 aliphatic carbocycles. The summed E-state index contributed by atoms with van der Waals surface area (Å²) in [5, 5.41) is -0.299. The number of carbonyl (C=O) groups is 1. The molecule has 0 fully saturated rings. The molecule has 0 heterocycles. The topological polar surface area (TPSA) is 35.5 Å². The van der Waals surface area contributed by atoms with Crippen molar-refractivity contribution in [3.8, 4) is 11.5 Å². The van der Waals surface area contributed by atoms with E-state index in [2.05, 4.69) is 0 Å². The summed E-state index contributed by atoms with van der Waals surface area (Å²) >= 11 is 5.30. The standard InChI is InChI=1S/C18H19ClO3/c19-18(20)12-6-7-13-21-16-10-4-5-11-17(16)22-14-15-8-2-1-3-9-15/h1-5,8-11H,6-7,12-14H2. The van der Waals surface area contributed by atoms with Crippen molar-refractivity contribution in [3.05, 3.63) is 60.2 Å². The number of hydrogen-bond donors (Lipinski definition) is 0. The Labute approximate surface area is 135 Å². The van der Waals surface area contributed by atoms with Gasteiger partial charge in [-0.25, -0.2) is 0 Å². The fourth-order valence-electron chi connectivity index (χ4n) is 1.97. The van der Waals surface area contributed by atoms with Crippen LogP contribution in [-0.4, -0.2) is 11.8 Å². The quantitative estimate of drug-likeness (QED) is 0.501. The maximum atomic E-state index is 10.7. The van der Waals surface area contributed by atoms with Gasteiger partial charge < -0.3 is 9.47 Å². The van der Waals surface area contributed by atoms with Gasteiger partial charge in [0.2, 0.25) is 5.24 Å². The molecular formula is C18H19ClO3. The highest BCUT2D eigenvalue weighted by Gasteiger charge is 2.05. The van der Waals surface area contributed by atoms with Crippen molar-refractivity contribution in [1.29, 1.82) is 0 Å². The molecule has 0 amide bonds. The van der Waals surface area contributed by atoms with Crippen LogP contribution in [0.5, 0.6) is 11.5 Å². The summed E-state index contributed by atoms with van der Waals surface area (Å²) in [6.07, 6.45) is 1.90. The maximum Gasteiger partial charge on any atom is 0.221 e. The van der Waals surface area contributed by atoms with Gasteiger partial charge in [0, 0.05) is 6.42 Å². The number of hydrogen-bond acceptors (Lipinski definition) is 3. The molecule has 0 radical (unpaired) electrons. The Morgan fingerprint density at radius 2 is 1.50 bits per heavy atom. The summed E-state index contributed by atoms with van der Waals surface area (Å²) in [5.74, 6) is 1.44. The van der Waals surface area contributed by atoms with Crippen molar-refractivity contribution >= 4 is 16.8 Å². The van der Waals surface area contributed by atoms with Crippen molar-refractivity contribution in [1.82, 2.24) is 0 Å². The molecule has 3 nitrogen and oxygen atoms in total. The van der Waals surface area contributed by atoms with E-state index in [9.17, 15) is 4.79 Å². The second-order valence-corrected chi connectivity index (χ2v) is 5.30. The average molecular weight is 319 g/mol. The third-order valence-electron chi connectivity index (χ3n) is 3.11. The van der Waals surface area contributed by atoms with Crippen LogP contribution < -0.4 is 9.47 Å². The molecule has 2 aromatic carbocycles. The van der Waals surface area contributed by atoms with Gasteiger partial charge in [-0.3, -0.25) is 4.79 Å². The van der Waals surface area contributed by atoms with E-state index in [-0.39, 0.29) is 5.24 Å². The summed E-state index contributed by atoms with van der Waals surface area (Å²) in [5.41, 5.74) is 1.11. The Morgan fingerprint density at radius 1 is 0.864 bits per heavy atom. The lowest BCUT2D eigenvalue weighted by Crippen LogP contribution is -2.02. The van der Waals surface area contributed by atoms with Crippen LogP contribution in [0.2, 0.25) is 0 Å². The zero-order chi connectivity index (χ0) is 15.6. The first-order valence-corrected chi connectivity index (χ1v) is 7.70. The van der Waals surface area contributed by atoms with Gasteiger partial charge in [0.1, 0.15) is 6.61 Å². The third-order valence-corrected chi connectivity index (χ3v) is 3.30. The molecule has 22 heavy (non-hydrogen) atoms. The van der Waals surface area contributed by atoms with Crippen LogP contribution in [0.3, 0.4) is 0 Å². The van der Waals surface area contributed by atoms with Crippen molar-refractivity contribution in [2.75, 3.05) is 6.61 Å². The van der Waals surface area contributed by atoms with Crippen LogP contribution in [0, 0.1) is 0 Å². The van der Waals surface area contributed by atoms with E-state index in [1.807, 2.05) is 54.6 Å². The lowest BCUT2D eigenvalue weighted by Gasteiger charge is -2.12. The molecular weight excluding hydrogens is 300 g/mol. The summed E-state index contributed by atoms with van der Waals surface area (Å²) in [6.45, 7) is 1.04. The predicted molar refractivity (Wildman–Crippen MR) is 87.4 cm³/mol. The number of para-hydroxylation sites is 2. The van der Waals surface area contributed by atoms with Crippen LogP contribution in [0.25, 0.3) is 0 Å². The zero-order valence-corrected chi connectivity index (χ0v) is 13.1. The fourth-order valence-corrected chi connectivity index (χ4v) is 2.11. The van der Waals surface area contributed by atoms with Crippen LogP contribution in [0.15, 0.2) is 54.6 Å². The highest BCUT2D eigenvalue weighted by molar-refractivity contribution is 6.63. The van der Waals surface area contributed by atoms with Gasteiger partial charge in [-0.1, -0.05) is 42.5 Å². The minimum atomic E-state index is -0.299. The number of halogens is 1. The van der Waals surface area contributed by atoms with E-state index >= 15 is 0 Å². The SMILES string of the molecule is O=C(Cl)CCCCOc1ccccc1OCc1ccccc1. The molecule has 0 aliphatic rings. The average Bonchev–Trinajstić information content (AvgIpc) is 2.54. The van der Waals surface area contributed by atoms with Crippen molar-refractivity contribution in [2.45, 2.75) is 25.9 Å². The normalized spacial score (nSPS) is 10.2. The van der Waals surface area contributed by atoms with E-state index in [1.54, 1.807) is 0 Å². The number of rotatable bonds is 9. The molecule has 0 saturated carbocycles. The molecule has 2 aromatic rings. The van der Waals surface area contributed by atoms with E-state index in [4.69, 9.17) is 21.1 Å². The van der Waals surface area contributed by atoms with Crippen LogP contribution in [0.4, 0.5) is 0 Å². The first-order chi connectivity index (χ1) is 10.8. The second-order valence-electron chi connectivity index (χ2n) is 4.88. The van der Waals surface area contributed by atoms with Gasteiger partial charge in [-0.2, -0.15) is 0 Å². The number of ether oxygens (including phenoxy) is 2. The number of carbonyl (C=O) groups excluding carboxylic acids is 1. The molecule has 0 spiro atoms. The molecule has 0 unspecified atom stereocenters. The lowest BCUT2D eigenvalue weighted by atomic mass is 10.2. The van der Waals surface area contributed by atoms with Gasteiger partial charge in [0.15, 0.2) is 11.5 Å². The van der Waals surface area contributed by atoms with Gasteiger partial charge in [0.05, 0.1) is 6.61 Å². The van der Waals surface area contributed by atoms with Crippen molar-refractivity contribution in [2.24, 2.45) is 0 Å². The third kappa shape index (κ3) is 5.78. The molecule has 0 aromatic heterocycles. The van der Waals surface area contributed by atoms with E-state index in [0.29, 0.717) is 19.6 Å². The van der Waals surface area contributed by atoms with Crippen molar-refractivity contribution < 1.29 is 14.3 Å². The van der Waals surface area contributed by atoms with Gasteiger partial charge in [0.25, 0.3) is 0 Å². The van der Waals surface area contributed by atoms with E-state index in [1.165, 1.54) is 0 Å². The largest absolute Gasteiger partial charge is 0.490 e. The zero-order valence-electron chi connectivity index (χ0n) is 12.3. The van der Waals surface area contributed by atoms with Gasteiger partial charge in [-0.05, 0) is 42.1 Å². The van der Waals surface area contributed by atoms with E-state index in [0.717, 1.165) is 29.9 Å². The summed E-state index contributed by atoms with van der Waals surface area (Å²) in [4.78, 5) is 10.7. The number of benzene rings is 2. The first kappa shape index (κ1) is 16.4. The molecule has 2 rings (SSSR count). The minimum Gasteiger partial charge on any atom is -0.490 e. The van der Waals surface area contributed by atoms with Crippen LogP contribution in [-0.2, 0) is 11.4 Å². The van der Waals surface area contributed by atoms with Crippen LogP contribution >= 0.6 is 11.6 Å². The molecule has 0 atom stereocenters. The Kier molecular flexibility index (Phi) is 6.78. The highest BCUT2D eigenvalue weighted by Crippen LogP contribution is 2.27. The van der Waals surface area contributed by atoms with Gasteiger partial charge >= 0.3 is 0 Å². The second kappa shape index (κ2) is 9.11. The molecule has 0 saturated heterocycles. The molecule has 0 bridgehead atoms. The summed E-state index contributed by atoms with van der Waals surface area (Å²) < 4.78 is 11.5. The summed E-state index contributed by atoms with van der Waals surface area (Å²) in [7, 11) is 0. The lowest BCUT2D eigenvalue weighted by molar-refractivity contribution is -0.111. The fraction of sp³-hybridized carbons (Fsp3) is 0.278. The van der Waals surface area contributed by atoms with E-state index < -0.39 is 0 Å². The minimum absolute atomic E-state index is 0.299. The molecule has 0 aliphatic heterocycles.